The second-order valence-corrected chi connectivity index (χ2v) is 8.46. The van der Waals surface area contributed by atoms with Gasteiger partial charge in [-0.25, -0.2) is 18.1 Å². The van der Waals surface area contributed by atoms with Crippen molar-refractivity contribution in [3.05, 3.63) is 65.2 Å². The highest BCUT2D eigenvalue weighted by Crippen LogP contribution is 2.29. The maximum Gasteiger partial charge on any atom is 0.416 e. The first-order chi connectivity index (χ1) is 14.1. The monoisotopic (exact) mass is 442 g/mol. The van der Waals surface area contributed by atoms with E-state index < -0.39 is 21.8 Å². The third-order valence-electron chi connectivity index (χ3n) is 4.29. The first-order valence-corrected chi connectivity index (χ1v) is 10.7. The van der Waals surface area contributed by atoms with Crippen molar-refractivity contribution in [3.63, 3.8) is 0 Å². The minimum atomic E-state index is -4.36. The molecule has 0 aromatic heterocycles. The molecule has 2 rings (SSSR count). The van der Waals surface area contributed by atoms with Crippen LogP contribution < -0.4 is 10.0 Å². The lowest BCUT2D eigenvalue weighted by Crippen LogP contribution is -2.38. The maximum absolute atomic E-state index is 12.7. The van der Waals surface area contributed by atoms with E-state index in [1.807, 2.05) is 6.92 Å². The molecule has 30 heavy (non-hydrogen) atoms. The number of halogens is 3. The molecule has 6 nitrogen and oxygen atoms in total. The van der Waals surface area contributed by atoms with Crippen LogP contribution in [0.1, 0.15) is 23.6 Å². The molecule has 10 heteroatoms. The van der Waals surface area contributed by atoms with Gasteiger partial charge in [0, 0.05) is 20.1 Å². The number of rotatable bonds is 7. The lowest BCUT2D eigenvalue weighted by Gasteiger charge is -2.22. The molecule has 0 spiro atoms. The van der Waals surface area contributed by atoms with Gasteiger partial charge in [-0.3, -0.25) is 0 Å². The molecular weight excluding hydrogens is 417 g/mol. The molecule has 0 atom stereocenters. The number of hydrogen-bond donors (Lipinski definition) is 2. The summed E-state index contributed by atoms with van der Waals surface area (Å²) in [7, 11) is -0.420. The Labute approximate surface area is 174 Å². The number of nitrogens with zero attached hydrogens (tertiary/aromatic N) is 2. The molecule has 0 bridgehead atoms. The summed E-state index contributed by atoms with van der Waals surface area (Å²) in [4.78, 5) is 6.47. The van der Waals surface area contributed by atoms with Crippen molar-refractivity contribution in [2.75, 3.05) is 20.6 Å². The molecule has 0 radical (unpaired) electrons. The van der Waals surface area contributed by atoms with Gasteiger partial charge in [-0.05, 0) is 49.4 Å². The zero-order valence-corrected chi connectivity index (χ0v) is 17.8. The number of hydrogen-bond acceptors (Lipinski definition) is 3. The molecule has 2 aromatic carbocycles. The van der Waals surface area contributed by atoms with Crippen LogP contribution in [0, 0.1) is 0 Å². The molecule has 0 aliphatic heterocycles. The highest BCUT2D eigenvalue weighted by atomic mass is 32.2. The molecule has 0 aliphatic carbocycles. The second-order valence-electron chi connectivity index (χ2n) is 6.58. The van der Waals surface area contributed by atoms with E-state index in [2.05, 4.69) is 15.0 Å². The largest absolute Gasteiger partial charge is 0.416 e. The number of sulfonamides is 1. The molecule has 0 fully saturated rings. The van der Waals surface area contributed by atoms with E-state index in [4.69, 9.17) is 0 Å². The van der Waals surface area contributed by atoms with E-state index in [0.29, 0.717) is 30.2 Å². The Bertz CT molecular complexity index is 974. The minimum Gasteiger partial charge on any atom is -0.357 e. The molecule has 0 saturated heterocycles. The Balaban J connectivity index is 2.14. The predicted molar refractivity (Wildman–Crippen MR) is 110 cm³/mol. The molecule has 2 aromatic rings. The normalized spacial score (nSPS) is 12.7. The molecule has 2 N–H and O–H groups in total. The first kappa shape index (κ1) is 23.7. The van der Waals surface area contributed by atoms with E-state index in [9.17, 15) is 21.6 Å². The summed E-state index contributed by atoms with van der Waals surface area (Å²) < 4.78 is 64.3. The summed E-state index contributed by atoms with van der Waals surface area (Å²) in [5, 5.41) is 3.13. The molecule has 164 valence electrons. The lowest BCUT2D eigenvalue weighted by atomic mass is 10.1. The van der Waals surface area contributed by atoms with Crippen LogP contribution in [0.4, 0.5) is 13.2 Å². The van der Waals surface area contributed by atoms with E-state index in [1.54, 1.807) is 30.1 Å². The summed E-state index contributed by atoms with van der Waals surface area (Å²) in [5.74, 6) is 0.555. The van der Waals surface area contributed by atoms with Gasteiger partial charge in [0.2, 0.25) is 10.0 Å². The third-order valence-corrected chi connectivity index (χ3v) is 5.70. The number of aliphatic imine (C=N–C) groups is 1. The van der Waals surface area contributed by atoms with E-state index >= 15 is 0 Å². The Morgan fingerprint density at radius 1 is 1.10 bits per heavy atom. The lowest BCUT2D eigenvalue weighted by molar-refractivity contribution is -0.137. The zero-order chi connectivity index (χ0) is 22.4. The summed E-state index contributed by atoms with van der Waals surface area (Å²) >= 11 is 0. The minimum absolute atomic E-state index is 0.154. The van der Waals surface area contributed by atoms with E-state index in [-0.39, 0.29) is 11.4 Å². The Hall–Kier alpha value is -2.59. The number of guanidine groups is 1. The van der Waals surface area contributed by atoms with Gasteiger partial charge in [0.25, 0.3) is 0 Å². The van der Waals surface area contributed by atoms with Crippen molar-refractivity contribution in [3.8, 4) is 0 Å². The van der Waals surface area contributed by atoms with Crippen LogP contribution in [-0.4, -0.2) is 39.9 Å². The van der Waals surface area contributed by atoms with Crippen LogP contribution in [0.25, 0.3) is 0 Å². The van der Waals surface area contributed by atoms with Gasteiger partial charge in [0.05, 0.1) is 17.0 Å². The van der Waals surface area contributed by atoms with Crippen molar-refractivity contribution >= 4 is 16.0 Å². The number of nitrogens with one attached hydrogen (secondary N) is 2. The average molecular weight is 443 g/mol. The van der Waals surface area contributed by atoms with Gasteiger partial charge in [-0.2, -0.15) is 13.2 Å². The Kier molecular flexibility index (Phi) is 7.85. The molecule has 0 heterocycles. The average Bonchev–Trinajstić information content (AvgIpc) is 2.71. The van der Waals surface area contributed by atoms with Crippen LogP contribution in [0.3, 0.4) is 0 Å². The highest BCUT2D eigenvalue weighted by molar-refractivity contribution is 7.89. The number of benzene rings is 2. The molecule has 0 amide bonds. The van der Waals surface area contributed by atoms with Gasteiger partial charge < -0.3 is 10.2 Å². The van der Waals surface area contributed by atoms with Crippen molar-refractivity contribution in [2.45, 2.75) is 31.1 Å². The molecular formula is C20H25F3N4O2S. The van der Waals surface area contributed by atoms with Crippen molar-refractivity contribution in [2.24, 2.45) is 4.99 Å². The summed E-state index contributed by atoms with van der Waals surface area (Å²) in [6, 6.07) is 11.5. The van der Waals surface area contributed by atoms with Crippen molar-refractivity contribution in [1.29, 1.82) is 0 Å². The second kappa shape index (κ2) is 9.94. The van der Waals surface area contributed by atoms with Crippen LogP contribution >= 0.6 is 0 Å². The standard InChI is InChI=1S/C20H25F3N4O2S/c1-4-25-19(26-13-16-6-5-7-18(12-16)30(28,29)24-2)27(3)14-15-8-10-17(11-9-15)20(21,22)23/h5-12,24H,4,13-14H2,1-3H3,(H,25,26). The van der Waals surface area contributed by atoms with E-state index in [0.717, 1.165) is 12.1 Å². The summed E-state index contributed by atoms with van der Waals surface area (Å²) in [6.45, 7) is 3.11. The Morgan fingerprint density at radius 3 is 2.33 bits per heavy atom. The van der Waals surface area contributed by atoms with Crippen LogP contribution in [-0.2, 0) is 29.3 Å². The molecule has 0 saturated carbocycles. The molecule has 0 unspecified atom stereocenters. The smallest absolute Gasteiger partial charge is 0.357 e. The predicted octanol–water partition coefficient (Wildman–Crippen LogP) is 3.21. The van der Waals surface area contributed by atoms with Gasteiger partial charge in [-0.15, -0.1) is 0 Å². The van der Waals surface area contributed by atoms with Crippen molar-refractivity contribution < 1.29 is 21.6 Å². The zero-order valence-electron chi connectivity index (χ0n) is 17.0. The maximum atomic E-state index is 12.7. The quantitative estimate of drug-likeness (QED) is 0.510. The fourth-order valence-electron chi connectivity index (χ4n) is 2.71. The Morgan fingerprint density at radius 2 is 1.77 bits per heavy atom. The highest BCUT2D eigenvalue weighted by Gasteiger charge is 2.29. The fraction of sp³-hybridized carbons (Fsp3) is 0.350. The van der Waals surface area contributed by atoms with Crippen LogP contribution in [0.2, 0.25) is 0 Å². The van der Waals surface area contributed by atoms with Crippen LogP contribution in [0.15, 0.2) is 58.4 Å². The van der Waals surface area contributed by atoms with Crippen LogP contribution in [0.5, 0.6) is 0 Å². The summed E-state index contributed by atoms with van der Waals surface area (Å²) in [6.07, 6.45) is -4.36. The number of alkyl halides is 3. The van der Waals surface area contributed by atoms with Crippen molar-refractivity contribution in [1.82, 2.24) is 14.9 Å². The van der Waals surface area contributed by atoms with Gasteiger partial charge in [-0.1, -0.05) is 24.3 Å². The fourth-order valence-corrected chi connectivity index (χ4v) is 3.51. The van der Waals surface area contributed by atoms with Gasteiger partial charge in [0.15, 0.2) is 5.96 Å². The first-order valence-electron chi connectivity index (χ1n) is 9.25. The van der Waals surface area contributed by atoms with Gasteiger partial charge in [0.1, 0.15) is 0 Å². The van der Waals surface area contributed by atoms with E-state index in [1.165, 1.54) is 25.2 Å². The van der Waals surface area contributed by atoms with Gasteiger partial charge >= 0.3 is 6.18 Å². The summed E-state index contributed by atoms with van der Waals surface area (Å²) in [5.41, 5.74) is 0.730. The molecule has 0 aliphatic rings. The SMILES string of the molecule is CCNC(=NCc1cccc(S(=O)(=O)NC)c1)N(C)Cc1ccc(C(F)(F)F)cc1. The third kappa shape index (κ3) is 6.46. The topological polar surface area (TPSA) is 73.8 Å².